The number of nitrogens with zero attached hydrogens (tertiary/aromatic N) is 2. The summed E-state index contributed by atoms with van der Waals surface area (Å²) >= 11 is 3.48. The van der Waals surface area contributed by atoms with E-state index in [2.05, 4.69) is 21.2 Å². The van der Waals surface area contributed by atoms with Gasteiger partial charge in [0.1, 0.15) is 12.6 Å². The van der Waals surface area contributed by atoms with Crippen LogP contribution in [0.1, 0.15) is 37.5 Å². The Morgan fingerprint density at radius 1 is 0.923 bits per heavy atom. The van der Waals surface area contributed by atoms with Gasteiger partial charge in [0.2, 0.25) is 21.8 Å². The number of aryl methyl sites for hydroxylation is 1. The third kappa shape index (κ3) is 8.66. The van der Waals surface area contributed by atoms with Gasteiger partial charge in [0.25, 0.3) is 0 Å². The first-order chi connectivity index (χ1) is 18.5. The number of hydrogen-bond acceptors (Lipinski definition) is 4. The van der Waals surface area contributed by atoms with E-state index in [0.29, 0.717) is 12.1 Å². The van der Waals surface area contributed by atoms with Crippen molar-refractivity contribution in [3.05, 3.63) is 100 Å². The number of sulfonamides is 1. The lowest BCUT2D eigenvalue weighted by atomic mass is 10.0. The Morgan fingerprint density at radius 2 is 1.56 bits per heavy atom. The van der Waals surface area contributed by atoms with Gasteiger partial charge < -0.3 is 10.2 Å². The van der Waals surface area contributed by atoms with Gasteiger partial charge in [-0.25, -0.2) is 8.42 Å². The van der Waals surface area contributed by atoms with Crippen molar-refractivity contribution in [2.75, 3.05) is 17.1 Å². The van der Waals surface area contributed by atoms with Crippen molar-refractivity contribution in [1.82, 2.24) is 10.2 Å². The zero-order valence-corrected chi connectivity index (χ0v) is 25.2. The van der Waals surface area contributed by atoms with Crippen molar-refractivity contribution in [2.45, 2.75) is 52.2 Å². The maximum absolute atomic E-state index is 14.1. The number of anilines is 1. The maximum Gasteiger partial charge on any atom is 0.244 e. The van der Waals surface area contributed by atoms with Crippen LogP contribution < -0.4 is 9.62 Å². The van der Waals surface area contributed by atoms with Crippen LogP contribution in [0.5, 0.6) is 0 Å². The molecule has 2 amide bonds. The Labute approximate surface area is 240 Å². The van der Waals surface area contributed by atoms with Crippen LogP contribution in [0, 0.1) is 0 Å². The normalized spacial score (nSPS) is 12.2. The van der Waals surface area contributed by atoms with Crippen molar-refractivity contribution in [3.8, 4) is 0 Å². The number of nitrogens with one attached hydrogen (secondary N) is 1. The van der Waals surface area contributed by atoms with E-state index in [-0.39, 0.29) is 24.9 Å². The Hall–Kier alpha value is -3.17. The molecule has 7 nitrogen and oxygen atoms in total. The molecule has 1 atom stereocenters. The monoisotopic (exact) mass is 613 g/mol. The van der Waals surface area contributed by atoms with Gasteiger partial charge in [-0.3, -0.25) is 13.9 Å². The molecular weight excluding hydrogens is 578 g/mol. The molecule has 0 bridgehead atoms. The first kappa shape index (κ1) is 30.4. The highest BCUT2D eigenvalue weighted by Gasteiger charge is 2.33. The van der Waals surface area contributed by atoms with Crippen LogP contribution in [0.3, 0.4) is 0 Å². The van der Waals surface area contributed by atoms with E-state index < -0.39 is 28.5 Å². The number of carbonyl (C=O) groups excluding carboxylic acids is 2. The van der Waals surface area contributed by atoms with E-state index in [0.717, 1.165) is 31.7 Å². The summed E-state index contributed by atoms with van der Waals surface area (Å²) in [6.45, 7) is 5.38. The number of rotatable bonds is 12. The van der Waals surface area contributed by atoms with Gasteiger partial charge in [0.05, 0.1) is 11.9 Å². The van der Waals surface area contributed by atoms with Crippen LogP contribution in [0.2, 0.25) is 0 Å². The lowest BCUT2D eigenvalue weighted by molar-refractivity contribution is -0.140. The molecule has 3 rings (SSSR count). The lowest BCUT2D eigenvalue weighted by Gasteiger charge is -2.34. The minimum Gasteiger partial charge on any atom is -0.352 e. The van der Waals surface area contributed by atoms with Gasteiger partial charge in [-0.15, -0.1) is 0 Å². The highest BCUT2D eigenvalue weighted by atomic mass is 79.9. The van der Waals surface area contributed by atoms with Crippen molar-refractivity contribution in [3.63, 3.8) is 0 Å². The van der Waals surface area contributed by atoms with Crippen molar-refractivity contribution in [1.29, 1.82) is 0 Å². The summed E-state index contributed by atoms with van der Waals surface area (Å²) in [5, 5.41) is 2.96. The lowest BCUT2D eigenvalue weighted by Crippen LogP contribution is -2.54. The first-order valence-electron chi connectivity index (χ1n) is 12.9. The Kier molecular flexibility index (Phi) is 10.7. The Bertz CT molecular complexity index is 1380. The van der Waals surface area contributed by atoms with E-state index >= 15 is 0 Å². The fraction of sp³-hybridized carbons (Fsp3) is 0.333. The molecule has 0 aromatic heterocycles. The topological polar surface area (TPSA) is 86.8 Å². The molecule has 0 aliphatic rings. The third-order valence-electron chi connectivity index (χ3n) is 6.26. The smallest absolute Gasteiger partial charge is 0.244 e. The van der Waals surface area contributed by atoms with Gasteiger partial charge in [0, 0.05) is 23.5 Å². The summed E-state index contributed by atoms with van der Waals surface area (Å²) < 4.78 is 27.9. The zero-order valence-electron chi connectivity index (χ0n) is 22.8. The molecule has 0 radical (unpaired) electrons. The highest BCUT2D eigenvalue weighted by Crippen LogP contribution is 2.25. The van der Waals surface area contributed by atoms with E-state index in [1.807, 2.05) is 87.5 Å². The van der Waals surface area contributed by atoms with Crippen molar-refractivity contribution >= 4 is 43.5 Å². The van der Waals surface area contributed by atoms with Crippen LogP contribution in [0.15, 0.2) is 83.3 Å². The number of halogens is 1. The molecule has 1 N–H and O–H groups in total. The molecule has 9 heteroatoms. The number of benzene rings is 3. The predicted octanol–water partition coefficient (Wildman–Crippen LogP) is 4.94. The van der Waals surface area contributed by atoms with E-state index in [4.69, 9.17) is 0 Å². The molecule has 0 saturated carbocycles. The molecular formula is C30H36BrN3O4S. The fourth-order valence-electron chi connectivity index (χ4n) is 4.41. The minimum absolute atomic E-state index is 0.133. The first-order valence-corrected chi connectivity index (χ1v) is 15.6. The summed E-state index contributed by atoms with van der Waals surface area (Å²) in [7, 11) is -3.80. The van der Waals surface area contributed by atoms with E-state index in [1.54, 1.807) is 12.1 Å². The van der Waals surface area contributed by atoms with Crippen LogP contribution in [0.4, 0.5) is 5.69 Å². The summed E-state index contributed by atoms with van der Waals surface area (Å²) in [5.41, 5.74) is 2.98. The summed E-state index contributed by atoms with van der Waals surface area (Å²) in [6.07, 6.45) is 1.98. The zero-order chi connectivity index (χ0) is 28.6. The summed E-state index contributed by atoms with van der Waals surface area (Å²) in [6, 6.07) is 23.2. The van der Waals surface area contributed by atoms with Crippen molar-refractivity contribution < 1.29 is 18.0 Å². The van der Waals surface area contributed by atoms with Gasteiger partial charge in [-0.05, 0) is 55.2 Å². The number of amides is 2. The van der Waals surface area contributed by atoms with Gasteiger partial charge in [0.15, 0.2) is 0 Å². The van der Waals surface area contributed by atoms with Gasteiger partial charge >= 0.3 is 0 Å². The number of para-hydroxylation sites is 1. The number of carbonyl (C=O) groups is 2. The SMILES string of the molecule is CCc1ccccc1N(CC(=O)N(Cc1cccc(Br)c1)[C@@H](Cc1ccccc1)C(=O)NC(C)C)S(C)(=O)=O. The predicted molar refractivity (Wildman–Crippen MR) is 160 cm³/mol. The second-order valence-corrected chi connectivity index (χ2v) is 12.6. The van der Waals surface area contributed by atoms with Crippen LogP contribution in [-0.2, 0) is 39.0 Å². The molecule has 0 saturated heterocycles. The molecule has 39 heavy (non-hydrogen) atoms. The van der Waals surface area contributed by atoms with E-state index in [9.17, 15) is 18.0 Å². The van der Waals surface area contributed by atoms with Crippen LogP contribution >= 0.6 is 15.9 Å². The van der Waals surface area contributed by atoms with Gasteiger partial charge in [-0.1, -0.05) is 83.5 Å². The molecule has 0 unspecified atom stereocenters. The second-order valence-electron chi connectivity index (χ2n) is 9.77. The summed E-state index contributed by atoms with van der Waals surface area (Å²) in [5.74, 6) is -0.761. The molecule has 208 valence electrons. The Morgan fingerprint density at radius 3 is 2.18 bits per heavy atom. The summed E-state index contributed by atoms with van der Waals surface area (Å²) in [4.78, 5) is 29.2. The van der Waals surface area contributed by atoms with Crippen molar-refractivity contribution in [2.24, 2.45) is 0 Å². The average Bonchev–Trinajstić information content (AvgIpc) is 2.88. The standard InChI is InChI=1S/C30H36BrN3O4S/c1-5-25-15-9-10-17-27(25)34(39(4,37)38)21-29(35)33(20-24-14-11-16-26(31)18-24)28(30(36)32-22(2)3)19-23-12-7-6-8-13-23/h6-18,22,28H,5,19-21H2,1-4H3,(H,32,36)/t28-/m0/s1. The molecule has 3 aromatic rings. The highest BCUT2D eigenvalue weighted by molar-refractivity contribution is 9.10. The van der Waals surface area contributed by atoms with Crippen LogP contribution in [0.25, 0.3) is 0 Å². The molecule has 0 heterocycles. The van der Waals surface area contributed by atoms with E-state index in [1.165, 1.54) is 4.90 Å². The molecule has 0 spiro atoms. The largest absolute Gasteiger partial charge is 0.352 e. The molecule has 0 aliphatic heterocycles. The second kappa shape index (κ2) is 13.8. The number of hydrogen-bond donors (Lipinski definition) is 1. The fourth-order valence-corrected chi connectivity index (χ4v) is 5.74. The minimum atomic E-state index is -3.80. The molecule has 3 aromatic carbocycles. The Balaban J connectivity index is 2.08. The average molecular weight is 615 g/mol. The quantitative estimate of drug-likeness (QED) is 0.313. The maximum atomic E-state index is 14.1. The molecule has 0 fully saturated rings. The van der Waals surface area contributed by atoms with Crippen LogP contribution in [-0.4, -0.2) is 50.0 Å². The van der Waals surface area contributed by atoms with Gasteiger partial charge in [-0.2, -0.15) is 0 Å². The third-order valence-corrected chi connectivity index (χ3v) is 7.88. The molecule has 0 aliphatic carbocycles.